The predicted molar refractivity (Wildman–Crippen MR) is 139 cm³/mol. The smallest absolute Gasteiger partial charge is 0.416 e. The molecule has 202 valence electrons. The van der Waals surface area contributed by atoms with Gasteiger partial charge in [-0.05, 0) is 66.3 Å². The zero-order chi connectivity index (χ0) is 27.2. The molecule has 3 heterocycles. The Morgan fingerprint density at radius 1 is 1.11 bits per heavy atom. The Morgan fingerprint density at radius 2 is 1.79 bits per heavy atom. The molecule has 4 aromatic rings. The normalized spacial score (nSPS) is 15.5. The molecular formula is C25H25ClF3N4O4P. The Morgan fingerprint density at radius 3 is 2.39 bits per heavy atom. The van der Waals surface area contributed by atoms with Crippen molar-refractivity contribution in [3.8, 4) is 5.75 Å². The fraction of sp³-hybridized carbons (Fsp3) is 0.360. The van der Waals surface area contributed by atoms with Crippen molar-refractivity contribution in [2.45, 2.75) is 25.6 Å². The van der Waals surface area contributed by atoms with Gasteiger partial charge in [-0.15, -0.1) is 0 Å². The van der Waals surface area contributed by atoms with E-state index in [2.05, 4.69) is 9.97 Å². The fourth-order valence-corrected chi connectivity index (χ4v) is 6.27. The van der Waals surface area contributed by atoms with Crippen molar-refractivity contribution in [1.29, 1.82) is 0 Å². The standard InChI is InChI=1S/C25H25ClF3N4O4P/c1-37-18-5-2-15(3-6-18)13-33-20-7-4-17(25(27,28)29)12-19(20)21-22(33)23(31-24(26)30-21)32-10-8-16(9-11-32)14-38(34,35)36/h2-7,12,16H,8-11,13-14H2,1H3,(H2,34,35,36). The van der Waals surface area contributed by atoms with Crippen molar-refractivity contribution in [2.24, 2.45) is 5.92 Å². The van der Waals surface area contributed by atoms with Gasteiger partial charge in [0.2, 0.25) is 5.28 Å². The topological polar surface area (TPSA) is 101 Å². The number of aromatic nitrogens is 3. The number of hydrogen-bond acceptors (Lipinski definition) is 5. The lowest BCUT2D eigenvalue weighted by Crippen LogP contribution is -2.35. The molecule has 0 saturated carbocycles. The number of hydrogen-bond donors (Lipinski definition) is 2. The van der Waals surface area contributed by atoms with Gasteiger partial charge >= 0.3 is 13.8 Å². The highest BCUT2D eigenvalue weighted by atomic mass is 35.5. The van der Waals surface area contributed by atoms with Gasteiger partial charge < -0.3 is 24.0 Å². The number of anilines is 1. The maximum atomic E-state index is 13.6. The monoisotopic (exact) mass is 568 g/mol. The summed E-state index contributed by atoms with van der Waals surface area (Å²) in [6, 6.07) is 11.0. The highest BCUT2D eigenvalue weighted by Gasteiger charge is 2.33. The lowest BCUT2D eigenvalue weighted by atomic mass is 9.99. The summed E-state index contributed by atoms with van der Waals surface area (Å²) < 4.78 is 59.4. The zero-order valence-electron chi connectivity index (χ0n) is 20.3. The molecule has 38 heavy (non-hydrogen) atoms. The van der Waals surface area contributed by atoms with Crippen molar-refractivity contribution < 1.29 is 32.3 Å². The molecule has 0 spiro atoms. The number of ether oxygens (including phenoxy) is 1. The van der Waals surface area contributed by atoms with Gasteiger partial charge in [-0.2, -0.15) is 18.2 Å². The van der Waals surface area contributed by atoms with Gasteiger partial charge in [-0.3, -0.25) is 4.57 Å². The second-order valence-electron chi connectivity index (χ2n) is 9.46. The lowest BCUT2D eigenvalue weighted by molar-refractivity contribution is -0.137. The highest BCUT2D eigenvalue weighted by Crippen LogP contribution is 2.42. The fourth-order valence-electron chi connectivity index (χ4n) is 5.07. The Hall–Kier alpha value is -2.85. The van der Waals surface area contributed by atoms with Gasteiger partial charge in [0.1, 0.15) is 16.8 Å². The number of piperidine rings is 1. The molecule has 1 fully saturated rings. The third-order valence-corrected chi connectivity index (χ3v) is 8.05. The average molecular weight is 569 g/mol. The first-order chi connectivity index (χ1) is 17.9. The third-order valence-electron chi connectivity index (χ3n) is 6.89. The van der Waals surface area contributed by atoms with Gasteiger partial charge in [0.15, 0.2) is 5.82 Å². The minimum absolute atomic E-state index is 0.0919. The molecule has 2 N–H and O–H groups in total. The van der Waals surface area contributed by atoms with E-state index in [-0.39, 0.29) is 17.4 Å². The molecule has 0 amide bonds. The minimum Gasteiger partial charge on any atom is -0.497 e. The van der Waals surface area contributed by atoms with Crippen molar-refractivity contribution >= 4 is 47.0 Å². The van der Waals surface area contributed by atoms with Crippen LogP contribution in [0.4, 0.5) is 19.0 Å². The summed E-state index contributed by atoms with van der Waals surface area (Å²) in [7, 11) is -2.57. The van der Waals surface area contributed by atoms with Crippen LogP contribution in [0.2, 0.25) is 5.28 Å². The number of halogens is 4. The van der Waals surface area contributed by atoms with E-state index in [1.54, 1.807) is 7.11 Å². The van der Waals surface area contributed by atoms with Crippen LogP contribution in [-0.4, -0.2) is 50.7 Å². The summed E-state index contributed by atoms with van der Waals surface area (Å²) in [5, 5.41) is 0.219. The van der Waals surface area contributed by atoms with Crippen LogP contribution in [0, 0.1) is 5.92 Å². The Bertz CT molecular complexity index is 1530. The second kappa shape index (κ2) is 10.0. The second-order valence-corrected chi connectivity index (χ2v) is 11.5. The van der Waals surface area contributed by atoms with Crippen LogP contribution in [0.25, 0.3) is 21.9 Å². The van der Waals surface area contributed by atoms with Crippen LogP contribution in [0.3, 0.4) is 0 Å². The molecule has 2 aromatic heterocycles. The van der Waals surface area contributed by atoms with Crippen LogP contribution in [-0.2, 0) is 17.3 Å². The predicted octanol–water partition coefficient (Wildman–Crippen LogP) is 5.71. The molecule has 1 saturated heterocycles. The molecule has 2 aromatic carbocycles. The molecule has 1 aliphatic heterocycles. The van der Waals surface area contributed by atoms with Crippen molar-refractivity contribution in [3.63, 3.8) is 0 Å². The van der Waals surface area contributed by atoms with Gasteiger partial charge in [-0.1, -0.05) is 12.1 Å². The van der Waals surface area contributed by atoms with Crippen molar-refractivity contribution in [2.75, 3.05) is 31.3 Å². The minimum atomic E-state index is -4.53. The van der Waals surface area contributed by atoms with Crippen LogP contribution in [0.1, 0.15) is 24.0 Å². The molecule has 0 atom stereocenters. The molecule has 0 aliphatic carbocycles. The van der Waals surface area contributed by atoms with E-state index in [0.29, 0.717) is 66.0 Å². The summed E-state index contributed by atoms with van der Waals surface area (Å²) in [4.78, 5) is 29.5. The van der Waals surface area contributed by atoms with Gasteiger partial charge in [0.05, 0.1) is 24.4 Å². The number of alkyl halides is 3. The number of fused-ring (bicyclic) bond motifs is 3. The lowest BCUT2D eigenvalue weighted by Gasteiger charge is -2.33. The van der Waals surface area contributed by atoms with Gasteiger partial charge in [-0.25, -0.2) is 4.98 Å². The number of benzene rings is 2. The van der Waals surface area contributed by atoms with E-state index in [4.69, 9.17) is 16.3 Å². The first kappa shape index (κ1) is 26.7. The van der Waals surface area contributed by atoms with Crippen molar-refractivity contribution in [3.05, 3.63) is 58.9 Å². The molecule has 1 aliphatic rings. The van der Waals surface area contributed by atoms with Crippen molar-refractivity contribution in [1.82, 2.24) is 14.5 Å². The Balaban J connectivity index is 1.65. The van der Waals surface area contributed by atoms with Gasteiger partial charge in [0, 0.05) is 25.0 Å². The Labute approximate surface area is 221 Å². The van der Waals surface area contributed by atoms with E-state index in [0.717, 1.165) is 17.7 Å². The largest absolute Gasteiger partial charge is 0.497 e. The summed E-state index contributed by atoms with van der Waals surface area (Å²) in [5.74, 6) is 1.02. The van der Waals surface area contributed by atoms with Gasteiger partial charge in [0.25, 0.3) is 0 Å². The highest BCUT2D eigenvalue weighted by molar-refractivity contribution is 7.51. The quantitative estimate of drug-likeness (QED) is 0.227. The van der Waals surface area contributed by atoms with E-state index < -0.39 is 19.3 Å². The summed E-state index contributed by atoms with van der Waals surface area (Å²) >= 11 is 6.29. The Kier molecular flexibility index (Phi) is 7.06. The van der Waals surface area contributed by atoms with E-state index in [1.807, 2.05) is 33.7 Å². The maximum absolute atomic E-state index is 13.6. The van der Waals surface area contributed by atoms with Crippen LogP contribution < -0.4 is 9.64 Å². The number of methoxy groups -OCH3 is 1. The molecule has 13 heteroatoms. The first-order valence-electron chi connectivity index (χ1n) is 11.9. The summed E-state index contributed by atoms with van der Waals surface area (Å²) in [6.07, 6.45) is -3.64. The number of nitrogens with zero attached hydrogens (tertiary/aromatic N) is 4. The molecular weight excluding hydrogens is 544 g/mol. The summed E-state index contributed by atoms with van der Waals surface area (Å²) in [6.45, 7) is 1.26. The van der Waals surface area contributed by atoms with E-state index in [9.17, 15) is 27.5 Å². The molecule has 5 rings (SSSR count). The molecule has 0 unspecified atom stereocenters. The summed E-state index contributed by atoms with van der Waals surface area (Å²) in [5.41, 5.74) is 1.52. The van der Waals surface area contributed by atoms with E-state index in [1.165, 1.54) is 6.07 Å². The zero-order valence-corrected chi connectivity index (χ0v) is 22.0. The average Bonchev–Trinajstić information content (AvgIpc) is 3.15. The third kappa shape index (κ3) is 5.47. The SMILES string of the molecule is COc1ccc(Cn2c3ccc(C(F)(F)F)cc3c3nc(Cl)nc(N4CCC(CP(=O)(O)O)CC4)c32)cc1. The van der Waals surface area contributed by atoms with Crippen LogP contribution in [0.15, 0.2) is 42.5 Å². The van der Waals surface area contributed by atoms with E-state index >= 15 is 0 Å². The maximum Gasteiger partial charge on any atom is 0.416 e. The first-order valence-corrected chi connectivity index (χ1v) is 14.1. The molecule has 0 radical (unpaired) electrons. The number of rotatable bonds is 6. The molecule has 0 bridgehead atoms. The molecule has 8 nitrogen and oxygen atoms in total. The van der Waals surface area contributed by atoms with Crippen LogP contribution in [0.5, 0.6) is 5.75 Å². The van der Waals surface area contributed by atoms with Crippen LogP contribution >= 0.6 is 19.2 Å².